The summed E-state index contributed by atoms with van der Waals surface area (Å²) in [5, 5.41) is 10.1. The van der Waals surface area contributed by atoms with E-state index < -0.39 is 0 Å². The Bertz CT molecular complexity index is 1190. The Hall–Kier alpha value is -3.61. The second-order valence-electron chi connectivity index (χ2n) is 8.04. The molecule has 1 N–H and O–H groups in total. The van der Waals surface area contributed by atoms with Gasteiger partial charge in [0.25, 0.3) is 0 Å². The Morgan fingerprint density at radius 3 is 2.34 bits per heavy atom. The Kier molecular flexibility index (Phi) is 5.39. The monoisotopic (exact) mass is 428 g/mol. The third-order valence-corrected chi connectivity index (χ3v) is 6.26. The molecule has 2 saturated heterocycles. The van der Waals surface area contributed by atoms with E-state index in [2.05, 4.69) is 38.0 Å². The lowest BCUT2D eigenvalue weighted by atomic mass is 10.1. The van der Waals surface area contributed by atoms with Crippen molar-refractivity contribution in [3.63, 3.8) is 0 Å². The SMILES string of the molecule is CC.Oc1ccccc1-c1cn2ccc(N3CC4CCC(C3)N4c3ccncc3)nc2n1. The lowest BCUT2D eigenvalue weighted by Gasteiger charge is -2.42. The number of rotatable bonds is 3. The summed E-state index contributed by atoms with van der Waals surface area (Å²) in [6, 6.07) is 14.5. The Balaban J connectivity index is 0.00000105. The number of aromatic nitrogens is 4. The number of piperazine rings is 1. The third kappa shape index (κ3) is 3.53. The molecule has 3 aromatic heterocycles. The maximum absolute atomic E-state index is 10.1. The molecule has 2 aliphatic heterocycles. The molecule has 2 fully saturated rings. The maximum atomic E-state index is 10.1. The van der Waals surface area contributed by atoms with Gasteiger partial charge < -0.3 is 14.9 Å². The van der Waals surface area contributed by atoms with Gasteiger partial charge in [-0.2, -0.15) is 4.98 Å². The molecular formula is C25H28N6O. The van der Waals surface area contributed by atoms with E-state index in [0.717, 1.165) is 24.6 Å². The molecular weight excluding hydrogens is 400 g/mol. The first-order valence-corrected chi connectivity index (χ1v) is 11.3. The highest BCUT2D eigenvalue weighted by Crippen LogP contribution is 2.36. The van der Waals surface area contributed by atoms with E-state index in [9.17, 15) is 5.11 Å². The van der Waals surface area contributed by atoms with Crippen LogP contribution in [0.3, 0.4) is 0 Å². The standard InChI is InChI=1S/C23H22N6O.C2H6/c30-21-4-2-1-3-19(21)20-15-27-12-9-22(26-23(27)25-20)28-13-17-5-6-18(14-28)29(17)16-7-10-24-11-8-16;1-2/h1-4,7-12,15,17-18,30H,5-6,13-14H2;1-2H3. The van der Waals surface area contributed by atoms with Gasteiger partial charge in [0.2, 0.25) is 5.78 Å². The van der Waals surface area contributed by atoms with Crippen LogP contribution >= 0.6 is 0 Å². The predicted octanol–water partition coefficient (Wildman–Crippen LogP) is 4.38. The molecule has 2 unspecified atom stereocenters. The predicted molar refractivity (Wildman–Crippen MR) is 127 cm³/mol. The van der Waals surface area contributed by atoms with Crippen LogP contribution in [0.25, 0.3) is 17.0 Å². The van der Waals surface area contributed by atoms with Gasteiger partial charge in [0, 0.05) is 61.2 Å². The van der Waals surface area contributed by atoms with Crippen molar-refractivity contribution < 1.29 is 5.11 Å². The first-order valence-electron chi connectivity index (χ1n) is 11.3. The molecule has 4 aromatic rings. The molecule has 0 saturated carbocycles. The number of pyridine rings is 1. The summed E-state index contributed by atoms with van der Waals surface area (Å²) in [7, 11) is 0. The minimum Gasteiger partial charge on any atom is -0.507 e. The molecule has 2 aliphatic rings. The van der Waals surface area contributed by atoms with Gasteiger partial charge in [0.05, 0.1) is 5.69 Å². The largest absolute Gasteiger partial charge is 0.507 e. The average molecular weight is 429 g/mol. The first kappa shape index (κ1) is 20.3. The van der Waals surface area contributed by atoms with Crippen LogP contribution in [0.2, 0.25) is 0 Å². The fourth-order valence-corrected chi connectivity index (χ4v) is 4.89. The van der Waals surface area contributed by atoms with E-state index >= 15 is 0 Å². The fraction of sp³-hybridized carbons (Fsp3) is 0.320. The Morgan fingerprint density at radius 1 is 0.906 bits per heavy atom. The third-order valence-electron chi connectivity index (χ3n) is 6.26. The van der Waals surface area contributed by atoms with Crippen molar-refractivity contribution in [3.05, 3.63) is 67.3 Å². The van der Waals surface area contributed by atoms with Crippen molar-refractivity contribution in [1.82, 2.24) is 19.4 Å². The lowest BCUT2D eigenvalue weighted by Crippen LogP contribution is -2.54. The summed E-state index contributed by atoms with van der Waals surface area (Å²) in [4.78, 5) is 18.6. The van der Waals surface area contributed by atoms with E-state index in [-0.39, 0.29) is 5.75 Å². The highest BCUT2D eigenvalue weighted by Gasteiger charge is 2.40. The van der Waals surface area contributed by atoms with Crippen molar-refractivity contribution in [2.45, 2.75) is 38.8 Å². The second kappa shape index (κ2) is 8.49. The molecule has 7 heteroatoms. The zero-order valence-corrected chi connectivity index (χ0v) is 18.5. The molecule has 0 aliphatic carbocycles. The highest BCUT2D eigenvalue weighted by molar-refractivity contribution is 5.68. The summed E-state index contributed by atoms with van der Waals surface area (Å²) in [5.41, 5.74) is 2.70. The molecule has 6 rings (SSSR count). The number of fused-ring (bicyclic) bond motifs is 3. The number of benzene rings is 1. The summed E-state index contributed by atoms with van der Waals surface area (Å²) >= 11 is 0. The van der Waals surface area contributed by atoms with Crippen LogP contribution in [0.15, 0.2) is 67.3 Å². The van der Waals surface area contributed by atoms with Crippen molar-refractivity contribution in [2.75, 3.05) is 22.9 Å². The van der Waals surface area contributed by atoms with Crippen LogP contribution in [0.4, 0.5) is 11.5 Å². The van der Waals surface area contributed by atoms with Crippen LogP contribution in [0.1, 0.15) is 26.7 Å². The first-order chi connectivity index (χ1) is 15.8. The van der Waals surface area contributed by atoms with E-state index in [1.807, 2.05) is 61.2 Å². The van der Waals surface area contributed by atoms with E-state index in [0.29, 0.717) is 23.4 Å². The highest BCUT2D eigenvalue weighted by atomic mass is 16.3. The summed E-state index contributed by atoms with van der Waals surface area (Å²) in [6.45, 7) is 5.91. The molecule has 164 valence electrons. The molecule has 0 spiro atoms. The van der Waals surface area contributed by atoms with Crippen LogP contribution < -0.4 is 9.80 Å². The van der Waals surface area contributed by atoms with Gasteiger partial charge in [-0.3, -0.25) is 9.38 Å². The van der Waals surface area contributed by atoms with E-state index in [4.69, 9.17) is 4.98 Å². The molecule has 2 bridgehead atoms. The van der Waals surface area contributed by atoms with Gasteiger partial charge in [0.15, 0.2) is 0 Å². The van der Waals surface area contributed by atoms with Crippen molar-refractivity contribution in [2.24, 2.45) is 0 Å². The Labute approximate surface area is 188 Å². The van der Waals surface area contributed by atoms with Gasteiger partial charge in [0.1, 0.15) is 11.6 Å². The van der Waals surface area contributed by atoms with Crippen LogP contribution in [0, 0.1) is 0 Å². The molecule has 2 atom stereocenters. The van der Waals surface area contributed by atoms with E-state index in [1.165, 1.54) is 18.5 Å². The second-order valence-corrected chi connectivity index (χ2v) is 8.04. The number of phenols is 1. The van der Waals surface area contributed by atoms with Crippen LogP contribution in [0.5, 0.6) is 5.75 Å². The molecule has 5 heterocycles. The zero-order chi connectivity index (χ0) is 22.1. The molecule has 7 nitrogen and oxygen atoms in total. The molecule has 32 heavy (non-hydrogen) atoms. The Morgan fingerprint density at radius 2 is 1.62 bits per heavy atom. The summed E-state index contributed by atoms with van der Waals surface area (Å²) in [5.74, 6) is 1.84. The van der Waals surface area contributed by atoms with E-state index in [1.54, 1.807) is 6.07 Å². The quantitative estimate of drug-likeness (QED) is 0.522. The van der Waals surface area contributed by atoms with Crippen molar-refractivity contribution >= 4 is 17.3 Å². The van der Waals surface area contributed by atoms with Crippen molar-refractivity contribution in [1.29, 1.82) is 0 Å². The summed E-state index contributed by atoms with van der Waals surface area (Å²) in [6.07, 6.45) is 10.1. The normalized spacial score (nSPS) is 19.7. The van der Waals surface area contributed by atoms with Crippen LogP contribution in [-0.4, -0.2) is 49.6 Å². The van der Waals surface area contributed by atoms with Gasteiger partial charge >= 0.3 is 0 Å². The van der Waals surface area contributed by atoms with Crippen molar-refractivity contribution in [3.8, 4) is 17.0 Å². The topological polar surface area (TPSA) is 69.8 Å². The summed E-state index contributed by atoms with van der Waals surface area (Å²) < 4.78 is 1.91. The van der Waals surface area contributed by atoms with Gasteiger partial charge in [-0.25, -0.2) is 4.98 Å². The average Bonchev–Trinajstić information content (AvgIpc) is 3.38. The smallest absolute Gasteiger partial charge is 0.236 e. The number of para-hydroxylation sites is 1. The number of hydrogen-bond acceptors (Lipinski definition) is 6. The van der Waals surface area contributed by atoms with Gasteiger partial charge in [-0.15, -0.1) is 0 Å². The fourth-order valence-electron chi connectivity index (χ4n) is 4.89. The number of phenolic OH excluding ortho intramolecular Hbond substituents is 1. The van der Waals surface area contributed by atoms with Crippen LogP contribution in [-0.2, 0) is 0 Å². The van der Waals surface area contributed by atoms with Gasteiger partial charge in [-0.05, 0) is 43.2 Å². The molecule has 0 radical (unpaired) electrons. The maximum Gasteiger partial charge on any atom is 0.236 e. The number of hydrogen-bond donors (Lipinski definition) is 1. The number of anilines is 2. The number of nitrogens with zero attached hydrogens (tertiary/aromatic N) is 6. The zero-order valence-electron chi connectivity index (χ0n) is 18.5. The minimum atomic E-state index is 0.227. The molecule has 1 aromatic carbocycles. The minimum absolute atomic E-state index is 0.227. The van der Waals surface area contributed by atoms with Gasteiger partial charge in [-0.1, -0.05) is 26.0 Å². The number of aromatic hydroxyl groups is 1. The molecule has 0 amide bonds. The number of imidazole rings is 1. The lowest BCUT2D eigenvalue weighted by molar-refractivity contribution is 0.477.